The first-order valence-electron chi connectivity index (χ1n) is 3.36. The molecule has 0 aromatic heterocycles. The molecule has 0 spiro atoms. The molecule has 1 aliphatic heterocycles. The second-order valence-electron chi connectivity index (χ2n) is 3.05. The number of alkyl halides is 1. The zero-order valence-electron chi connectivity index (χ0n) is 6.40. The van der Waals surface area contributed by atoms with Gasteiger partial charge in [-0.3, -0.25) is 0 Å². The fourth-order valence-electron chi connectivity index (χ4n) is 1.16. The van der Waals surface area contributed by atoms with Crippen LogP contribution in [-0.2, 0) is 9.53 Å². The van der Waals surface area contributed by atoms with Crippen molar-refractivity contribution >= 4 is 17.6 Å². The fourth-order valence-corrected chi connectivity index (χ4v) is 1.24. The Morgan fingerprint density at radius 2 is 2.10 bits per heavy atom. The standard InChI is InChI=1S/C7H11ClO2/c1-4-7(8)5(9)10-6(7,2)3/h4H2,1-3H3/t7-/m1/s1. The maximum atomic E-state index is 10.8. The van der Waals surface area contributed by atoms with Crippen molar-refractivity contribution in [3.05, 3.63) is 0 Å². The monoisotopic (exact) mass is 162 g/mol. The SMILES string of the molecule is CC[C@@]1(Cl)C(=O)OC1(C)C. The van der Waals surface area contributed by atoms with Gasteiger partial charge >= 0.3 is 5.97 Å². The zero-order valence-corrected chi connectivity index (χ0v) is 7.16. The molecule has 0 aliphatic carbocycles. The molecule has 0 amide bonds. The van der Waals surface area contributed by atoms with E-state index in [0.717, 1.165) is 0 Å². The molecule has 0 radical (unpaired) electrons. The van der Waals surface area contributed by atoms with E-state index in [1.54, 1.807) is 0 Å². The summed E-state index contributed by atoms with van der Waals surface area (Å²) in [6, 6.07) is 0. The van der Waals surface area contributed by atoms with Crippen LogP contribution in [0.3, 0.4) is 0 Å². The van der Waals surface area contributed by atoms with E-state index in [1.165, 1.54) is 0 Å². The van der Waals surface area contributed by atoms with Gasteiger partial charge in [0, 0.05) is 0 Å². The van der Waals surface area contributed by atoms with E-state index >= 15 is 0 Å². The largest absolute Gasteiger partial charge is 0.456 e. The summed E-state index contributed by atoms with van der Waals surface area (Å²) in [7, 11) is 0. The van der Waals surface area contributed by atoms with Gasteiger partial charge in [-0.1, -0.05) is 6.92 Å². The van der Waals surface area contributed by atoms with Crippen LogP contribution >= 0.6 is 11.6 Å². The van der Waals surface area contributed by atoms with Crippen molar-refractivity contribution in [3.63, 3.8) is 0 Å². The smallest absolute Gasteiger partial charge is 0.331 e. The molecule has 0 bridgehead atoms. The molecule has 58 valence electrons. The third-order valence-electron chi connectivity index (χ3n) is 2.11. The van der Waals surface area contributed by atoms with Gasteiger partial charge in [-0.25, -0.2) is 4.79 Å². The van der Waals surface area contributed by atoms with Crippen LogP contribution in [0.1, 0.15) is 27.2 Å². The molecule has 1 aliphatic rings. The third-order valence-corrected chi connectivity index (χ3v) is 2.99. The Morgan fingerprint density at radius 1 is 1.60 bits per heavy atom. The summed E-state index contributed by atoms with van der Waals surface area (Å²) in [6.45, 7) is 5.53. The molecular weight excluding hydrogens is 152 g/mol. The van der Waals surface area contributed by atoms with Crippen molar-refractivity contribution in [2.45, 2.75) is 37.7 Å². The molecule has 1 atom stereocenters. The second-order valence-corrected chi connectivity index (χ2v) is 3.70. The minimum Gasteiger partial charge on any atom is -0.456 e. The van der Waals surface area contributed by atoms with Gasteiger partial charge in [0.15, 0.2) is 4.87 Å². The highest BCUT2D eigenvalue weighted by atomic mass is 35.5. The number of halogens is 1. The number of cyclic esters (lactones) is 1. The molecule has 0 aromatic carbocycles. The molecule has 0 N–H and O–H groups in total. The van der Waals surface area contributed by atoms with Gasteiger partial charge in [-0.15, -0.1) is 11.6 Å². The Morgan fingerprint density at radius 3 is 2.20 bits per heavy atom. The number of hydrogen-bond acceptors (Lipinski definition) is 2. The molecule has 1 heterocycles. The highest BCUT2D eigenvalue weighted by molar-refractivity contribution is 6.37. The van der Waals surface area contributed by atoms with E-state index in [9.17, 15) is 4.79 Å². The number of hydrogen-bond donors (Lipinski definition) is 0. The number of esters is 1. The van der Waals surface area contributed by atoms with Crippen molar-refractivity contribution in [1.29, 1.82) is 0 Å². The van der Waals surface area contributed by atoms with Crippen LogP contribution in [0, 0.1) is 0 Å². The first kappa shape index (κ1) is 7.86. The Kier molecular flexibility index (Phi) is 1.48. The van der Waals surface area contributed by atoms with Crippen LogP contribution in [0.25, 0.3) is 0 Å². The summed E-state index contributed by atoms with van der Waals surface area (Å²) in [5, 5.41) is 0. The summed E-state index contributed by atoms with van der Waals surface area (Å²) in [4.78, 5) is 10.1. The number of rotatable bonds is 1. The molecule has 2 nitrogen and oxygen atoms in total. The molecule has 1 rings (SSSR count). The highest BCUT2D eigenvalue weighted by Crippen LogP contribution is 2.45. The number of carbonyl (C=O) groups is 1. The minimum absolute atomic E-state index is 0.290. The van der Waals surface area contributed by atoms with Crippen molar-refractivity contribution in [3.8, 4) is 0 Å². The Bertz CT molecular complexity index is 176. The Hall–Kier alpha value is -0.240. The van der Waals surface area contributed by atoms with E-state index in [4.69, 9.17) is 16.3 Å². The van der Waals surface area contributed by atoms with Crippen LogP contribution in [-0.4, -0.2) is 16.4 Å². The van der Waals surface area contributed by atoms with E-state index in [0.29, 0.717) is 6.42 Å². The quantitative estimate of drug-likeness (QED) is 0.434. The predicted octanol–water partition coefficient (Wildman–Crippen LogP) is 1.71. The highest BCUT2D eigenvalue weighted by Gasteiger charge is 2.61. The van der Waals surface area contributed by atoms with Gasteiger partial charge in [0.05, 0.1) is 0 Å². The molecule has 0 saturated carbocycles. The van der Waals surface area contributed by atoms with Gasteiger partial charge in [-0.05, 0) is 20.3 Å². The minimum atomic E-state index is -0.771. The van der Waals surface area contributed by atoms with E-state index in [1.807, 2.05) is 20.8 Å². The summed E-state index contributed by atoms with van der Waals surface area (Å²) in [5.74, 6) is -0.290. The Balaban J connectivity index is 2.83. The molecule has 0 unspecified atom stereocenters. The lowest BCUT2D eigenvalue weighted by molar-refractivity contribution is -0.198. The van der Waals surface area contributed by atoms with E-state index in [-0.39, 0.29) is 5.97 Å². The number of ether oxygens (including phenoxy) is 1. The molecular formula is C7H11ClO2. The van der Waals surface area contributed by atoms with Crippen LogP contribution in [0.4, 0.5) is 0 Å². The molecule has 0 aromatic rings. The van der Waals surface area contributed by atoms with Crippen LogP contribution in [0.15, 0.2) is 0 Å². The van der Waals surface area contributed by atoms with Crippen LogP contribution in [0.2, 0.25) is 0 Å². The molecule has 1 saturated heterocycles. The van der Waals surface area contributed by atoms with Gasteiger partial charge in [0.2, 0.25) is 0 Å². The normalized spacial score (nSPS) is 36.6. The van der Waals surface area contributed by atoms with Crippen molar-refractivity contribution in [2.75, 3.05) is 0 Å². The molecule has 10 heavy (non-hydrogen) atoms. The molecule has 3 heteroatoms. The third kappa shape index (κ3) is 0.685. The fraction of sp³-hybridized carbons (Fsp3) is 0.857. The Labute approximate surface area is 65.5 Å². The lowest BCUT2D eigenvalue weighted by Gasteiger charge is -2.48. The van der Waals surface area contributed by atoms with Crippen LogP contribution < -0.4 is 0 Å². The van der Waals surface area contributed by atoms with Gasteiger partial charge in [-0.2, -0.15) is 0 Å². The molecule has 1 fully saturated rings. The lowest BCUT2D eigenvalue weighted by atomic mass is 9.82. The first-order valence-corrected chi connectivity index (χ1v) is 3.74. The number of carbonyl (C=O) groups excluding carboxylic acids is 1. The van der Waals surface area contributed by atoms with Gasteiger partial charge < -0.3 is 4.74 Å². The lowest BCUT2D eigenvalue weighted by Crippen LogP contribution is -2.65. The topological polar surface area (TPSA) is 26.3 Å². The van der Waals surface area contributed by atoms with Crippen LogP contribution in [0.5, 0.6) is 0 Å². The predicted molar refractivity (Wildman–Crippen MR) is 39.0 cm³/mol. The van der Waals surface area contributed by atoms with Gasteiger partial charge in [0.25, 0.3) is 0 Å². The zero-order chi connectivity index (χ0) is 7.99. The average molecular weight is 163 g/mol. The van der Waals surface area contributed by atoms with E-state index < -0.39 is 10.5 Å². The summed E-state index contributed by atoms with van der Waals surface area (Å²) in [6.07, 6.45) is 0.625. The van der Waals surface area contributed by atoms with Gasteiger partial charge in [0.1, 0.15) is 5.60 Å². The summed E-state index contributed by atoms with van der Waals surface area (Å²) < 4.78 is 4.86. The van der Waals surface area contributed by atoms with E-state index in [2.05, 4.69) is 0 Å². The summed E-state index contributed by atoms with van der Waals surface area (Å²) in [5.41, 5.74) is -0.486. The maximum Gasteiger partial charge on any atom is 0.331 e. The van der Waals surface area contributed by atoms with Crippen molar-refractivity contribution < 1.29 is 9.53 Å². The van der Waals surface area contributed by atoms with Crippen molar-refractivity contribution in [1.82, 2.24) is 0 Å². The summed E-state index contributed by atoms with van der Waals surface area (Å²) >= 11 is 5.96. The average Bonchev–Trinajstić information content (AvgIpc) is 1.85. The second kappa shape index (κ2) is 1.88. The first-order chi connectivity index (χ1) is 4.44. The van der Waals surface area contributed by atoms with Crippen molar-refractivity contribution in [2.24, 2.45) is 0 Å². The maximum absolute atomic E-state index is 10.8.